The van der Waals surface area contributed by atoms with Crippen molar-refractivity contribution in [1.29, 1.82) is 0 Å². The van der Waals surface area contributed by atoms with E-state index in [9.17, 15) is 0 Å². The van der Waals surface area contributed by atoms with E-state index in [0.29, 0.717) is 0 Å². The molecule has 0 bridgehead atoms. The summed E-state index contributed by atoms with van der Waals surface area (Å²) in [6.45, 7) is 0. The maximum absolute atomic E-state index is 6.87. The minimum absolute atomic E-state index is 0.708. The third-order valence-corrected chi connectivity index (χ3v) is 11.5. The van der Waals surface area contributed by atoms with Crippen LogP contribution in [0.4, 0.5) is 0 Å². The van der Waals surface area contributed by atoms with Crippen molar-refractivity contribution in [3.05, 3.63) is 203 Å². The van der Waals surface area contributed by atoms with Gasteiger partial charge in [0, 0.05) is 44.6 Å². The summed E-state index contributed by atoms with van der Waals surface area (Å²) in [5, 5.41) is 4.42. The van der Waals surface area contributed by atoms with Crippen LogP contribution < -0.4 is 4.74 Å². The van der Waals surface area contributed by atoms with Gasteiger partial charge in [-0.05, 0) is 100 Å². The maximum Gasteiger partial charge on any atom is 0.145 e. The number of ether oxygens (including phenoxy) is 1. The molecule has 0 saturated heterocycles. The van der Waals surface area contributed by atoms with Crippen molar-refractivity contribution in [3.8, 4) is 28.3 Å². The number of pyridine rings is 1. The lowest BCUT2D eigenvalue weighted by Gasteiger charge is -2.42. The molecule has 0 amide bonds. The molecule has 1 unspecified atom stereocenters. The van der Waals surface area contributed by atoms with Crippen molar-refractivity contribution in [2.75, 3.05) is 0 Å². The number of fused-ring (bicyclic) bond motifs is 14. The fraction of sp³-hybridized carbons (Fsp3) is 0.0200. The van der Waals surface area contributed by atoms with E-state index < -0.39 is 5.41 Å². The third-order valence-electron chi connectivity index (χ3n) is 11.5. The molecule has 4 nitrogen and oxygen atoms in total. The Morgan fingerprint density at radius 3 is 2.13 bits per heavy atom. The van der Waals surface area contributed by atoms with Crippen molar-refractivity contribution in [1.82, 2.24) is 9.55 Å². The number of hydrogen-bond donors (Lipinski definition) is 0. The molecule has 0 N–H and O–H groups in total. The van der Waals surface area contributed by atoms with Crippen LogP contribution in [0.5, 0.6) is 11.5 Å². The summed E-state index contributed by atoms with van der Waals surface area (Å²) in [6.07, 6.45) is 6.41. The average Bonchev–Trinajstić information content (AvgIpc) is 3.72. The van der Waals surface area contributed by atoms with Gasteiger partial charge >= 0.3 is 0 Å². The summed E-state index contributed by atoms with van der Waals surface area (Å²) < 4.78 is 15.7. The molecule has 4 heterocycles. The van der Waals surface area contributed by atoms with E-state index in [2.05, 4.69) is 162 Å². The summed E-state index contributed by atoms with van der Waals surface area (Å²) in [7, 11) is 0. The van der Waals surface area contributed by atoms with Gasteiger partial charge in [-0.1, -0.05) is 109 Å². The van der Waals surface area contributed by atoms with Crippen LogP contribution in [0.15, 0.2) is 174 Å². The number of rotatable bonds is 2. The lowest BCUT2D eigenvalue weighted by Crippen LogP contribution is -2.35. The lowest BCUT2D eigenvalue weighted by atomic mass is 9.62. The first-order valence-electron chi connectivity index (χ1n) is 18.4. The van der Waals surface area contributed by atoms with Crippen molar-refractivity contribution in [2.24, 2.45) is 0 Å². The first-order chi connectivity index (χ1) is 26.8. The van der Waals surface area contributed by atoms with Crippen molar-refractivity contribution >= 4 is 56.0 Å². The molecule has 2 aliphatic rings. The molecule has 1 atom stereocenters. The number of para-hydroxylation sites is 3. The second-order valence-corrected chi connectivity index (χ2v) is 14.3. The van der Waals surface area contributed by atoms with Gasteiger partial charge in [-0.25, -0.2) is 4.98 Å². The molecule has 10 aromatic rings. The van der Waals surface area contributed by atoms with Crippen LogP contribution >= 0.6 is 0 Å². The molecule has 54 heavy (non-hydrogen) atoms. The number of benzene rings is 7. The van der Waals surface area contributed by atoms with Gasteiger partial charge in [0.05, 0.1) is 10.9 Å². The van der Waals surface area contributed by atoms with Gasteiger partial charge in [-0.2, -0.15) is 0 Å². The Morgan fingerprint density at radius 1 is 0.463 bits per heavy atom. The number of furan rings is 1. The van der Waals surface area contributed by atoms with Crippen molar-refractivity contribution in [2.45, 2.75) is 5.41 Å². The molecular weight excluding hydrogens is 661 g/mol. The molecule has 1 aliphatic carbocycles. The Bertz CT molecular complexity index is 3200. The van der Waals surface area contributed by atoms with Crippen LogP contribution in [-0.4, -0.2) is 9.55 Å². The second kappa shape index (κ2) is 10.9. The van der Waals surface area contributed by atoms with Crippen molar-refractivity contribution in [3.63, 3.8) is 0 Å². The number of nitrogens with zero attached hydrogens (tertiary/aromatic N) is 2. The molecule has 7 aromatic carbocycles. The van der Waals surface area contributed by atoms with Gasteiger partial charge < -0.3 is 9.15 Å². The Hall–Kier alpha value is -7.17. The van der Waals surface area contributed by atoms with Gasteiger partial charge in [-0.15, -0.1) is 0 Å². The average molecular weight is 691 g/mol. The topological polar surface area (TPSA) is 40.2 Å². The first kappa shape index (κ1) is 29.4. The van der Waals surface area contributed by atoms with Gasteiger partial charge in [0.15, 0.2) is 0 Å². The number of aromatic nitrogens is 2. The zero-order valence-corrected chi connectivity index (χ0v) is 29.0. The predicted molar refractivity (Wildman–Crippen MR) is 219 cm³/mol. The van der Waals surface area contributed by atoms with E-state index in [1.165, 1.54) is 22.1 Å². The van der Waals surface area contributed by atoms with Crippen LogP contribution in [0.1, 0.15) is 33.4 Å². The molecule has 0 fully saturated rings. The highest BCUT2D eigenvalue weighted by Gasteiger charge is 2.48. The highest BCUT2D eigenvalue weighted by atomic mass is 16.5. The summed E-state index contributed by atoms with van der Waals surface area (Å²) in [5.41, 5.74) is 13.4. The van der Waals surface area contributed by atoms with E-state index in [4.69, 9.17) is 14.1 Å². The molecule has 4 heteroatoms. The molecule has 0 radical (unpaired) electrons. The Balaban J connectivity index is 1.16. The Kier molecular flexibility index (Phi) is 5.95. The fourth-order valence-electron chi connectivity index (χ4n) is 9.22. The minimum Gasteiger partial charge on any atom is -0.457 e. The Morgan fingerprint density at radius 2 is 1.20 bits per heavy atom. The van der Waals surface area contributed by atoms with E-state index in [1.807, 2.05) is 24.4 Å². The van der Waals surface area contributed by atoms with Gasteiger partial charge in [0.1, 0.15) is 28.3 Å². The van der Waals surface area contributed by atoms with Crippen LogP contribution in [-0.2, 0) is 5.41 Å². The molecular formula is C50H30N2O2. The van der Waals surface area contributed by atoms with Crippen molar-refractivity contribution < 1.29 is 9.15 Å². The summed E-state index contributed by atoms with van der Waals surface area (Å²) in [4.78, 5) is 4.86. The summed E-state index contributed by atoms with van der Waals surface area (Å²) in [6, 6.07) is 58.5. The van der Waals surface area contributed by atoms with Gasteiger partial charge in [0.2, 0.25) is 0 Å². The predicted octanol–water partition coefficient (Wildman–Crippen LogP) is 12.7. The second-order valence-electron chi connectivity index (χ2n) is 14.3. The van der Waals surface area contributed by atoms with Crippen LogP contribution in [0.25, 0.3) is 72.8 Å². The maximum atomic E-state index is 6.87. The smallest absolute Gasteiger partial charge is 0.145 e. The number of hydrogen-bond acceptors (Lipinski definition) is 3. The quantitative estimate of drug-likeness (QED) is 0.181. The standard InChI is InChI=1S/C50H30N2O2/c1-2-12-35(13-3-1)52-44-25-24-33(27-38(44)37-15-10-26-51-49(37)52)34-23-22-32-21-20-31-11-4-6-16-40(31)50(42(32)28-34)41-17-7-9-19-46(41)54-48-29-39-36-14-5-8-18-45(36)53-47(39)30-43(48)50/h1-30H. The zero-order chi connectivity index (χ0) is 35.4. The monoisotopic (exact) mass is 690 g/mol. The first-order valence-corrected chi connectivity index (χ1v) is 18.4. The van der Waals surface area contributed by atoms with Gasteiger partial charge in [0.25, 0.3) is 0 Å². The SMILES string of the molecule is C1=Cc2ccc(-c3ccc4c(c3)c3cccnc3n4-c3ccccc3)cc2C2(c3ccccc31)c1ccccc1Oc1cc3c(cc12)oc1ccccc13. The van der Waals surface area contributed by atoms with Gasteiger partial charge in [-0.3, -0.25) is 4.57 Å². The highest BCUT2D eigenvalue weighted by molar-refractivity contribution is 6.09. The highest BCUT2D eigenvalue weighted by Crippen LogP contribution is 2.59. The van der Waals surface area contributed by atoms with E-state index in [1.54, 1.807) is 0 Å². The lowest BCUT2D eigenvalue weighted by molar-refractivity contribution is 0.435. The van der Waals surface area contributed by atoms with E-state index in [-0.39, 0.29) is 0 Å². The molecule has 1 aliphatic heterocycles. The fourth-order valence-corrected chi connectivity index (χ4v) is 9.22. The van der Waals surface area contributed by atoms with E-state index in [0.717, 1.165) is 83.5 Å². The molecule has 0 saturated carbocycles. The normalized spacial score (nSPS) is 15.6. The molecule has 1 spiro atoms. The summed E-state index contributed by atoms with van der Waals surface area (Å²) in [5.74, 6) is 1.69. The molecule has 252 valence electrons. The third kappa shape index (κ3) is 3.94. The molecule has 3 aromatic heterocycles. The van der Waals surface area contributed by atoms with Crippen LogP contribution in [0, 0.1) is 0 Å². The Labute approximate surface area is 310 Å². The van der Waals surface area contributed by atoms with E-state index >= 15 is 0 Å². The van der Waals surface area contributed by atoms with Crippen LogP contribution in [0.3, 0.4) is 0 Å². The van der Waals surface area contributed by atoms with Crippen LogP contribution in [0.2, 0.25) is 0 Å². The molecule has 12 rings (SSSR count). The largest absolute Gasteiger partial charge is 0.457 e. The summed E-state index contributed by atoms with van der Waals surface area (Å²) >= 11 is 0. The minimum atomic E-state index is -0.708. The zero-order valence-electron chi connectivity index (χ0n) is 29.0.